The van der Waals surface area contributed by atoms with E-state index in [4.69, 9.17) is 18.0 Å². The molecule has 1 fully saturated rings. The van der Waals surface area contributed by atoms with Gasteiger partial charge in [0.2, 0.25) is 0 Å². The summed E-state index contributed by atoms with van der Waals surface area (Å²) in [5.74, 6) is -1.79. The summed E-state index contributed by atoms with van der Waals surface area (Å²) in [6.45, 7) is 0. The lowest BCUT2D eigenvalue weighted by Gasteiger charge is -2.44. The minimum absolute atomic E-state index is 0.0217. The zero-order valence-corrected chi connectivity index (χ0v) is 18.7. The molecule has 0 bridgehead atoms. The Kier molecular flexibility index (Phi) is 7.39. The normalized spacial score (nSPS) is 19.5. The lowest BCUT2D eigenvalue weighted by molar-refractivity contribution is -0.143. The van der Waals surface area contributed by atoms with E-state index in [-0.39, 0.29) is 22.3 Å². The van der Waals surface area contributed by atoms with Crippen LogP contribution in [0.3, 0.4) is 0 Å². The van der Waals surface area contributed by atoms with Crippen molar-refractivity contribution in [1.82, 2.24) is 19.5 Å². The molecule has 1 aromatic rings. The first-order valence-electron chi connectivity index (χ1n) is 7.75. The largest absolute Gasteiger partial charge is 0.398 e. The number of amides is 2. The van der Waals surface area contributed by atoms with Crippen molar-refractivity contribution in [3.8, 4) is 0 Å². The number of thiazole rings is 1. The molecule has 0 radical (unpaired) electrons. The highest BCUT2D eigenvalue weighted by Crippen LogP contribution is 2.27. The topological polar surface area (TPSA) is 168 Å². The predicted molar refractivity (Wildman–Crippen MR) is 113 cm³/mol. The van der Waals surface area contributed by atoms with E-state index in [1.165, 1.54) is 12.5 Å². The number of nitrogens with two attached hydrogens (primary N) is 1. The molecule has 2 heterocycles. The number of nitrogens with zero attached hydrogens (tertiary/aromatic N) is 4. The Hall–Kier alpha value is -2.01. The summed E-state index contributed by atoms with van der Waals surface area (Å²) in [5, 5.41) is 7.67. The third kappa shape index (κ3) is 5.33. The molecule has 2 rings (SSSR count). The van der Waals surface area contributed by atoms with Crippen molar-refractivity contribution < 1.29 is 27.4 Å². The van der Waals surface area contributed by atoms with Crippen molar-refractivity contribution in [3.63, 3.8) is 0 Å². The smallest absolute Gasteiger partial charge is 0.362 e. The molecular weight excluding hydrogens is 464 g/mol. The minimum atomic E-state index is -4.80. The highest BCUT2D eigenvalue weighted by molar-refractivity contribution is 8.22. The number of aromatic nitrogens is 1. The SMILES string of the molecule is CO/N=C(\C(=O)N[C@@H]1C(=O)N(S(=O)(=O)O)[C@@H]1CSC(=S)N(C)C)c1csc(N)n1. The van der Waals surface area contributed by atoms with Crippen LogP contribution >= 0.6 is 35.3 Å². The number of rotatable bonds is 7. The van der Waals surface area contributed by atoms with Gasteiger partial charge >= 0.3 is 10.3 Å². The van der Waals surface area contributed by atoms with Gasteiger partial charge in [-0.2, -0.15) is 8.42 Å². The number of thioether (sulfide) groups is 1. The van der Waals surface area contributed by atoms with Gasteiger partial charge in [0, 0.05) is 25.2 Å². The van der Waals surface area contributed by atoms with Gasteiger partial charge in [-0.1, -0.05) is 29.1 Å². The number of β-lactam (4-membered cyclic amide) rings is 1. The molecule has 16 heteroatoms. The first-order valence-corrected chi connectivity index (χ1v) is 11.4. The predicted octanol–water partition coefficient (Wildman–Crippen LogP) is -0.846. The van der Waals surface area contributed by atoms with E-state index >= 15 is 0 Å². The maximum absolute atomic E-state index is 12.6. The van der Waals surface area contributed by atoms with E-state index in [0.29, 0.717) is 8.63 Å². The molecule has 2 amide bonds. The molecule has 12 nitrogen and oxygen atoms in total. The monoisotopic (exact) mass is 482 g/mol. The molecule has 0 saturated carbocycles. The maximum Gasteiger partial charge on any atom is 0.362 e. The van der Waals surface area contributed by atoms with Crippen LogP contribution in [0.25, 0.3) is 0 Å². The molecule has 1 saturated heterocycles. The van der Waals surface area contributed by atoms with Crippen LogP contribution in [-0.2, 0) is 24.7 Å². The number of carbonyl (C=O) groups is 2. The molecule has 29 heavy (non-hydrogen) atoms. The maximum atomic E-state index is 12.6. The molecule has 1 aliphatic rings. The Bertz CT molecular complexity index is 945. The van der Waals surface area contributed by atoms with Crippen molar-refractivity contribution in [2.45, 2.75) is 12.1 Å². The third-order valence-corrected chi connectivity index (χ3v) is 7.07. The van der Waals surface area contributed by atoms with Gasteiger partial charge in [-0.3, -0.25) is 14.1 Å². The summed E-state index contributed by atoms with van der Waals surface area (Å²) in [6, 6.07) is -2.27. The van der Waals surface area contributed by atoms with Crippen molar-refractivity contribution >= 4 is 72.6 Å². The van der Waals surface area contributed by atoms with Crippen LogP contribution in [0.2, 0.25) is 0 Å². The van der Waals surface area contributed by atoms with Gasteiger partial charge in [0.25, 0.3) is 11.8 Å². The summed E-state index contributed by atoms with van der Waals surface area (Å²) in [5.41, 5.74) is 5.45. The number of carbonyl (C=O) groups excluding carboxylic acids is 2. The van der Waals surface area contributed by atoms with Crippen LogP contribution in [0.4, 0.5) is 5.13 Å². The molecular formula is C13H18N6O6S4. The summed E-state index contributed by atoms with van der Waals surface area (Å²) >= 11 is 7.30. The standard InChI is InChI=1S/C13H18N6O6S4/c1-18(2)13(26)28-5-7-9(11(21)19(7)29(22,23)24)16-10(20)8(17-25-3)6-4-27-12(14)15-6/h4,7,9H,5H2,1-3H3,(H2,14,15)(H,16,20)(H,22,23,24)/b17-8-/t7-,9+/m1/s1. The first kappa shape index (κ1) is 23.3. The Balaban J connectivity index is 2.21. The lowest BCUT2D eigenvalue weighted by atomic mass is 10.0. The van der Waals surface area contributed by atoms with Crippen molar-refractivity contribution in [2.75, 3.05) is 32.7 Å². The summed E-state index contributed by atoms with van der Waals surface area (Å²) in [7, 11) is -0.174. The van der Waals surface area contributed by atoms with Crippen LogP contribution in [0.15, 0.2) is 10.5 Å². The van der Waals surface area contributed by atoms with E-state index in [9.17, 15) is 22.6 Å². The number of anilines is 1. The fourth-order valence-electron chi connectivity index (χ4n) is 2.31. The molecule has 0 unspecified atom stereocenters. The second-order valence-corrected chi connectivity index (χ2v) is 9.63. The second kappa shape index (κ2) is 9.21. The van der Waals surface area contributed by atoms with Crippen LogP contribution in [-0.4, -0.2) is 88.0 Å². The van der Waals surface area contributed by atoms with E-state index in [1.807, 2.05) is 0 Å². The van der Waals surface area contributed by atoms with Crippen molar-refractivity contribution in [3.05, 3.63) is 11.1 Å². The molecule has 1 aliphatic heterocycles. The lowest BCUT2D eigenvalue weighted by Crippen LogP contribution is -2.73. The van der Waals surface area contributed by atoms with E-state index in [2.05, 4.69) is 20.3 Å². The zero-order valence-electron chi connectivity index (χ0n) is 15.4. The molecule has 160 valence electrons. The van der Waals surface area contributed by atoms with Gasteiger partial charge in [-0.15, -0.1) is 11.3 Å². The fraction of sp³-hybridized carbons (Fsp3) is 0.462. The quantitative estimate of drug-likeness (QED) is 0.146. The molecule has 4 N–H and O–H groups in total. The van der Waals surface area contributed by atoms with Crippen molar-refractivity contribution in [2.24, 2.45) is 5.16 Å². The van der Waals surface area contributed by atoms with Gasteiger partial charge in [-0.25, -0.2) is 9.29 Å². The van der Waals surface area contributed by atoms with E-state index in [1.54, 1.807) is 19.0 Å². The van der Waals surface area contributed by atoms with Gasteiger partial charge < -0.3 is 20.8 Å². The summed E-state index contributed by atoms with van der Waals surface area (Å²) in [6.07, 6.45) is 0. The number of oxime groups is 1. The van der Waals surface area contributed by atoms with Crippen molar-refractivity contribution in [1.29, 1.82) is 0 Å². The average Bonchev–Trinajstić information content (AvgIpc) is 3.04. The number of thiocarbonyl (C=S) groups is 1. The Morgan fingerprint density at radius 3 is 2.72 bits per heavy atom. The fourth-order valence-corrected chi connectivity index (χ4v) is 4.95. The molecule has 1 aromatic heterocycles. The number of nitrogen functional groups attached to an aromatic ring is 1. The molecule has 2 atom stereocenters. The molecule has 0 spiro atoms. The zero-order chi connectivity index (χ0) is 21.9. The summed E-state index contributed by atoms with van der Waals surface area (Å²) in [4.78, 5) is 35.1. The van der Waals surface area contributed by atoms with Gasteiger partial charge in [0.15, 0.2) is 10.8 Å². The summed E-state index contributed by atoms with van der Waals surface area (Å²) < 4.78 is 33.1. The van der Waals surface area contributed by atoms with Crippen LogP contribution < -0.4 is 11.1 Å². The number of nitrogens with one attached hydrogen (secondary N) is 1. The number of hydrogen-bond donors (Lipinski definition) is 3. The average molecular weight is 483 g/mol. The third-order valence-electron chi connectivity index (χ3n) is 3.61. The second-order valence-electron chi connectivity index (χ2n) is 5.80. The van der Waals surface area contributed by atoms with E-state index < -0.39 is 34.2 Å². The highest BCUT2D eigenvalue weighted by atomic mass is 32.2. The van der Waals surface area contributed by atoms with Gasteiger partial charge in [0.05, 0.1) is 6.04 Å². The van der Waals surface area contributed by atoms with Crippen LogP contribution in [0.1, 0.15) is 5.69 Å². The Morgan fingerprint density at radius 1 is 1.59 bits per heavy atom. The molecule has 0 aliphatic carbocycles. The van der Waals surface area contributed by atoms with Gasteiger partial charge in [0.1, 0.15) is 23.2 Å². The number of hydrogen-bond acceptors (Lipinski definition) is 11. The van der Waals surface area contributed by atoms with Crippen LogP contribution in [0.5, 0.6) is 0 Å². The van der Waals surface area contributed by atoms with Gasteiger partial charge in [-0.05, 0) is 0 Å². The first-order chi connectivity index (χ1) is 13.5. The highest BCUT2D eigenvalue weighted by Gasteiger charge is 2.54. The van der Waals surface area contributed by atoms with E-state index in [0.717, 1.165) is 23.1 Å². The Labute approximate surface area is 180 Å². The Morgan fingerprint density at radius 2 is 2.24 bits per heavy atom. The van der Waals surface area contributed by atoms with Crippen LogP contribution in [0, 0.1) is 0 Å². The molecule has 0 aromatic carbocycles. The minimum Gasteiger partial charge on any atom is -0.398 e.